The Bertz CT molecular complexity index is 812. The maximum atomic E-state index is 10.1. The lowest BCUT2D eigenvalue weighted by Gasteiger charge is -2.28. The molecule has 2 aromatic heterocycles. The minimum absolute atomic E-state index is 0.199. The number of ether oxygens (including phenoxy) is 1. The van der Waals surface area contributed by atoms with E-state index in [0.29, 0.717) is 24.6 Å². The van der Waals surface area contributed by atoms with Crippen molar-refractivity contribution in [2.75, 3.05) is 31.2 Å². The molecule has 112 valence electrons. The zero-order valence-corrected chi connectivity index (χ0v) is 12.7. The SMILES string of the molecule is Oc1ccccc1-c1nc(N2CCOCC2)c2sccc2n1. The number of rotatable bonds is 2. The van der Waals surface area contributed by atoms with Crippen molar-refractivity contribution in [1.29, 1.82) is 0 Å². The van der Waals surface area contributed by atoms with Crippen molar-refractivity contribution in [3.05, 3.63) is 35.7 Å². The zero-order chi connectivity index (χ0) is 14.9. The van der Waals surface area contributed by atoms with Gasteiger partial charge in [0, 0.05) is 13.1 Å². The van der Waals surface area contributed by atoms with Gasteiger partial charge in [-0.1, -0.05) is 12.1 Å². The third-order valence-electron chi connectivity index (χ3n) is 3.74. The number of aromatic hydroxyl groups is 1. The summed E-state index contributed by atoms with van der Waals surface area (Å²) in [6.45, 7) is 3.07. The zero-order valence-electron chi connectivity index (χ0n) is 11.9. The number of hydrogen-bond acceptors (Lipinski definition) is 6. The van der Waals surface area contributed by atoms with Gasteiger partial charge < -0.3 is 14.7 Å². The minimum atomic E-state index is 0.199. The van der Waals surface area contributed by atoms with Crippen molar-refractivity contribution in [1.82, 2.24) is 9.97 Å². The van der Waals surface area contributed by atoms with Crippen LogP contribution in [0.15, 0.2) is 35.7 Å². The lowest BCUT2D eigenvalue weighted by atomic mass is 10.2. The first-order valence-corrected chi connectivity index (χ1v) is 8.07. The summed E-state index contributed by atoms with van der Waals surface area (Å²) in [6.07, 6.45) is 0. The highest BCUT2D eigenvalue weighted by atomic mass is 32.1. The highest BCUT2D eigenvalue weighted by Gasteiger charge is 2.19. The summed E-state index contributed by atoms with van der Waals surface area (Å²) in [5.74, 6) is 1.69. The van der Waals surface area contributed by atoms with Gasteiger partial charge in [-0.05, 0) is 23.6 Å². The van der Waals surface area contributed by atoms with Gasteiger partial charge >= 0.3 is 0 Å². The number of morpholine rings is 1. The molecule has 22 heavy (non-hydrogen) atoms. The van der Waals surface area contributed by atoms with Crippen LogP contribution in [-0.2, 0) is 4.74 Å². The molecule has 3 heterocycles. The molecule has 1 N–H and O–H groups in total. The van der Waals surface area contributed by atoms with E-state index in [-0.39, 0.29) is 5.75 Å². The summed E-state index contributed by atoms with van der Waals surface area (Å²) >= 11 is 1.65. The second kappa shape index (κ2) is 5.55. The number of nitrogens with zero attached hydrogens (tertiary/aromatic N) is 3. The van der Waals surface area contributed by atoms with Crippen molar-refractivity contribution in [3.8, 4) is 17.1 Å². The number of hydrogen-bond donors (Lipinski definition) is 1. The smallest absolute Gasteiger partial charge is 0.165 e. The maximum Gasteiger partial charge on any atom is 0.165 e. The van der Waals surface area contributed by atoms with Crippen LogP contribution in [0.5, 0.6) is 5.75 Å². The normalized spacial score (nSPS) is 15.4. The first-order chi connectivity index (χ1) is 10.8. The Hall–Kier alpha value is -2.18. The molecule has 1 saturated heterocycles. The number of aromatic nitrogens is 2. The summed E-state index contributed by atoms with van der Waals surface area (Å²) in [5, 5.41) is 12.1. The number of para-hydroxylation sites is 1. The second-order valence-corrected chi connectivity index (χ2v) is 6.04. The number of phenols is 1. The number of thiophene rings is 1. The van der Waals surface area contributed by atoms with E-state index in [2.05, 4.69) is 9.88 Å². The largest absolute Gasteiger partial charge is 0.507 e. The average molecular weight is 313 g/mol. The van der Waals surface area contributed by atoms with E-state index < -0.39 is 0 Å². The lowest BCUT2D eigenvalue weighted by molar-refractivity contribution is 0.122. The van der Waals surface area contributed by atoms with Gasteiger partial charge in [0.1, 0.15) is 5.75 Å². The van der Waals surface area contributed by atoms with Crippen LogP contribution in [0.2, 0.25) is 0 Å². The van der Waals surface area contributed by atoms with Crippen molar-refractivity contribution >= 4 is 27.4 Å². The van der Waals surface area contributed by atoms with E-state index in [9.17, 15) is 5.11 Å². The molecule has 0 saturated carbocycles. The van der Waals surface area contributed by atoms with Crippen molar-refractivity contribution in [3.63, 3.8) is 0 Å². The molecule has 1 aliphatic heterocycles. The highest BCUT2D eigenvalue weighted by molar-refractivity contribution is 7.17. The second-order valence-electron chi connectivity index (χ2n) is 5.12. The standard InChI is InChI=1S/C16H15N3O2S/c20-13-4-2-1-3-11(13)15-17-12-5-10-22-14(12)16(18-15)19-6-8-21-9-7-19/h1-5,10,20H,6-9H2. The van der Waals surface area contributed by atoms with Crippen LogP contribution < -0.4 is 4.90 Å². The van der Waals surface area contributed by atoms with Gasteiger partial charge in [-0.3, -0.25) is 0 Å². The minimum Gasteiger partial charge on any atom is -0.507 e. The average Bonchev–Trinajstić information content (AvgIpc) is 3.03. The van der Waals surface area contributed by atoms with Gasteiger partial charge in [0.2, 0.25) is 0 Å². The van der Waals surface area contributed by atoms with Gasteiger partial charge in [0.25, 0.3) is 0 Å². The molecule has 0 atom stereocenters. The number of phenolic OH excluding ortho intramolecular Hbond substituents is 1. The van der Waals surface area contributed by atoms with E-state index in [1.165, 1.54) is 0 Å². The molecule has 1 fully saturated rings. The van der Waals surface area contributed by atoms with E-state index >= 15 is 0 Å². The van der Waals surface area contributed by atoms with Crippen molar-refractivity contribution < 1.29 is 9.84 Å². The van der Waals surface area contributed by atoms with Gasteiger partial charge in [0.15, 0.2) is 11.6 Å². The third-order valence-corrected chi connectivity index (χ3v) is 4.64. The first kappa shape index (κ1) is 13.5. The molecular weight excluding hydrogens is 298 g/mol. The maximum absolute atomic E-state index is 10.1. The molecule has 1 aliphatic rings. The summed E-state index contributed by atoms with van der Waals surface area (Å²) in [7, 11) is 0. The first-order valence-electron chi connectivity index (χ1n) is 7.19. The molecular formula is C16H15N3O2S. The van der Waals surface area contributed by atoms with Crippen molar-refractivity contribution in [2.45, 2.75) is 0 Å². The molecule has 1 aromatic carbocycles. The Labute approximate surface area is 131 Å². The van der Waals surface area contributed by atoms with Gasteiger partial charge in [0.05, 0.1) is 29.0 Å². The summed E-state index contributed by atoms with van der Waals surface area (Å²) in [6, 6.07) is 9.17. The highest BCUT2D eigenvalue weighted by Crippen LogP contribution is 2.34. The van der Waals surface area contributed by atoms with Crippen molar-refractivity contribution in [2.24, 2.45) is 0 Å². The van der Waals surface area contributed by atoms with E-state index in [1.54, 1.807) is 23.5 Å². The summed E-state index contributed by atoms with van der Waals surface area (Å²) < 4.78 is 6.51. The fraction of sp³-hybridized carbons (Fsp3) is 0.250. The van der Waals surface area contributed by atoms with E-state index in [4.69, 9.17) is 9.72 Å². The fourth-order valence-electron chi connectivity index (χ4n) is 2.62. The Kier molecular flexibility index (Phi) is 3.40. The van der Waals surface area contributed by atoms with Crippen LogP contribution in [0, 0.1) is 0 Å². The van der Waals surface area contributed by atoms with Crippen LogP contribution >= 0.6 is 11.3 Å². The molecule has 5 nitrogen and oxygen atoms in total. The topological polar surface area (TPSA) is 58.5 Å². The Morgan fingerprint density at radius 3 is 2.73 bits per heavy atom. The fourth-order valence-corrected chi connectivity index (χ4v) is 3.47. The van der Waals surface area contributed by atoms with E-state index in [1.807, 2.05) is 23.6 Å². The Morgan fingerprint density at radius 2 is 1.91 bits per heavy atom. The molecule has 0 spiro atoms. The molecule has 0 bridgehead atoms. The van der Waals surface area contributed by atoms with Gasteiger partial charge in [-0.2, -0.15) is 0 Å². The van der Waals surface area contributed by atoms with Gasteiger partial charge in [-0.25, -0.2) is 9.97 Å². The quantitative estimate of drug-likeness (QED) is 0.788. The predicted molar refractivity (Wildman–Crippen MR) is 87.5 cm³/mol. The van der Waals surface area contributed by atoms with Crippen LogP contribution in [0.3, 0.4) is 0 Å². The van der Waals surface area contributed by atoms with Crippen LogP contribution in [0.25, 0.3) is 21.6 Å². The molecule has 0 amide bonds. The molecule has 0 radical (unpaired) electrons. The van der Waals surface area contributed by atoms with E-state index in [0.717, 1.165) is 29.1 Å². The Morgan fingerprint density at radius 1 is 1.09 bits per heavy atom. The van der Waals surface area contributed by atoms with Crippen LogP contribution in [-0.4, -0.2) is 41.4 Å². The summed E-state index contributed by atoms with van der Waals surface area (Å²) in [5.41, 5.74) is 1.57. The number of fused-ring (bicyclic) bond motifs is 1. The molecule has 3 aromatic rings. The number of benzene rings is 1. The molecule has 4 rings (SSSR count). The predicted octanol–water partition coefficient (Wildman–Crippen LogP) is 2.90. The Balaban J connectivity index is 1.88. The third kappa shape index (κ3) is 2.30. The summed E-state index contributed by atoms with van der Waals surface area (Å²) in [4.78, 5) is 11.6. The van der Waals surface area contributed by atoms with Crippen LogP contribution in [0.4, 0.5) is 5.82 Å². The lowest BCUT2D eigenvalue weighted by Crippen LogP contribution is -2.36. The number of anilines is 1. The van der Waals surface area contributed by atoms with Crippen LogP contribution in [0.1, 0.15) is 0 Å². The molecule has 6 heteroatoms. The van der Waals surface area contributed by atoms with Gasteiger partial charge in [-0.15, -0.1) is 11.3 Å². The molecule has 0 aliphatic carbocycles. The molecule has 0 unspecified atom stereocenters. The monoisotopic (exact) mass is 313 g/mol.